The third-order valence-corrected chi connectivity index (χ3v) is 1.75. The van der Waals surface area contributed by atoms with E-state index in [9.17, 15) is 4.79 Å². The molecule has 15 heavy (non-hydrogen) atoms. The lowest BCUT2D eigenvalue weighted by Crippen LogP contribution is -1.94. The number of hydrogen-bond donors (Lipinski definition) is 1. The van der Waals surface area contributed by atoms with E-state index in [4.69, 9.17) is 0 Å². The van der Waals surface area contributed by atoms with Gasteiger partial charge in [0.25, 0.3) is 0 Å². The van der Waals surface area contributed by atoms with E-state index in [1.807, 2.05) is 37.3 Å². The number of nitrogens with one attached hydrogen (secondary N) is 1. The van der Waals surface area contributed by atoms with Gasteiger partial charge in [0.2, 0.25) is 0 Å². The Kier molecular flexibility index (Phi) is 4.80. The first-order valence-electron chi connectivity index (χ1n) is 4.73. The van der Waals surface area contributed by atoms with Crippen LogP contribution in [0.25, 0.3) is 0 Å². The number of ketones is 1. The Morgan fingerprint density at radius 3 is 2.47 bits per heavy atom. The van der Waals surface area contributed by atoms with Crippen molar-refractivity contribution < 1.29 is 4.79 Å². The fraction of sp³-hybridized carbons (Fsp3) is 0.182. The van der Waals surface area contributed by atoms with Crippen LogP contribution in [0.4, 0.5) is 0 Å². The average molecular weight is 203 g/mol. The van der Waals surface area contributed by atoms with Gasteiger partial charge in [-0.3, -0.25) is 9.89 Å². The molecule has 0 radical (unpaired) electrons. The average Bonchev–Trinajstić information content (AvgIpc) is 2.88. The van der Waals surface area contributed by atoms with Crippen molar-refractivity contribution in [2.75, 3.05) is 0 Å². The number of carbonyl (C=O) groups is 1. The maximum atomic E-state index is 11.0. The third kappa shape index (κ3) is 4.17. The number of H-pyrrole nitrogens is 1. The molecule has 1 N–H and O–H groups in total. The fourth-order valence-corrected chi connectivity index (χ4v) is 0.995. The van der Waals surface area contributed by atoms with E-state index in [2.05, 4.69) is 15.4 Å². The molecule has 2 aromatic rings. The van der Waals surface area contributed by atoms with Crippen molar-refractivity contribution in [3.63, 3.8) is 0 Å². The molecule has 0 bridgehead atoms. The third-order valence-electron chi connectivity index (χ3n) is 1.75. The van der Waals surface area contributed by atoms with Crippen molar-refractivity contribution >= 4 is 5.78 Å². The van der Waals surface area contributed by atoms with Crippen LogP contribution >= 0.6 is 0 Å². The summed E-state index contributed by atoms with van der Waals surface area (Å²) >= 11 is 0. The summed E-state index contributed by atoms with van der Waals surface area (Å²) in [6, 6.07) is 9.34. The second-order valence-corrected chi connectivity index (χ2v) is 2.80. The van der Waals surface area contributed by atoms with E-state index >= 15 is 0 Å². The van der Waals surface area contributed by atoms with Crippen molar-refractivity contribution in [3.05, 3.63) is 48.3 Å². The molecule has 0 spiro atoms. The second-order valence-electron chi connectivity index (χ2n) is 2.80. The molecule has 0 aliphatic heterocycles. The highest BCUT2D eigenvalue weighted by molar-refractivity contribution is 5.95. The number of benzene rings is 1. The SMILES string of the molecule is CCC(=O)c1ccccc1.c1c[nH]nn1. The van der Waals surface area contributed by atoms with E-state index in [-0.39, 0.29) is 5.78 Å². The minimum Gasteiger partial charge on any atom is -0.294 e. The van der Waals surface area contributed by atoms with E-state index in [1.54, 1.807) is 12.4 Å². The van der Waals surface area contributed by atoms with Crippen molar-refractivity contribution in [1.29, 1.82) is 0 Å². The lowest BCUT2D eigenvalue weighted by molar-refractivity contribution is 0.0988. The molecule has 0 saturated carbocycles. The zero-order valence-electron chi connectivity index (χ0n) is 8.55. The lowest BCUT2D eigenvalue weighted by atomic mass is 10.1. The molecule has 4 nitrogen and oxygen atoms in total. The van der Waals surface area contributed by atoms with Crippen LogP contribution in [0.1, 0.15) is 23.7 Å². The topological polar surface area (TPSA) is 58.6 Å². The van der Waals surface area contributed by atoms with Gasteiger partial charge < -0.3 is 0 Å². The van der Waals surface area contributed by atoms with Gasteiger partial charge in [0.05, 0.1) is 6.20 Å². The number of rotatable bonds is 2. The molecule has 0 atom stereocenters. The van der Waals surface area contributed by atoms with Gasteiger partial charge in [-0.2, -0.15) is 0 Å². The number of aromatic nitrogens is 3. The predicted molar refractivity (Wildman–Crippen MR) is 57.4 cm³/mol. The van der Waals surface area contributed by atoms with E-state index in [0.717, 1.165) is 5.56 Å². The molecule has 1 heterocycles. The second kappa shape index (κ2) is 6.48. The van der Waals surface area contributed by atoms with E-state index in [1.165, 1.54) is 0 Å². The van der Waals surface area contributed by atoms with Crippen LogP contribution in [0.15, 0.2) is 42.7 Å². The van der Waals surface area contributed by atoms with Crippen LogP contribution in [0.3, 0.4) is 0 Å². The first kappa shape index (κ1) is 11.1. The number of hydrogen-bond acceptors (Lipinski definition) is 3. The van der Waals surface area contributed by atoms with Gasteiger partial charge in [-0.25, -0.2) is 0 Å². The number of nitrogens with zero attached hydrogens (tertiary/aromatic N) is 2. The van der Waals surface area contributed by atoms with E-state index in [0.29, 0.717) is 6.42 Å². The summed E-state index contributed by atoms with van der Waals surface area (Å²) < 4.78 is 0. The Bertz CT molecular complexity index is 353. The minimum atomic E-state index is 0.209. The molecular weight excluding hydrogens is 190 g/mol. The maximum absolute atomic E-state index is 11.0. The zero-order chi connectivity index (χ0) is 10.9. The standard InChI is InChI=1S/C9H10O.C2H3N3/c1-2-9(10)8-6-4-3-5-7-8;1-2-4-5-3-1/h3-7H,2H2,1H3;1-2H,(H,3,4,5). The van der Waals surface area contributed by atoms with Gasteiger partial charge in [-0.15, -0.1) is 5.10 Å². The van der Waals surface area contributed by atoms with Crippen LogP contribution < -0.4 is 0 Å². The van der Waals surface area contributed by atoms with E-state index < -0.39 is 0 Å². The number of Topliss-reactive ketones (excluding diaryl/α,β-unsaturated/α-hetero) is 1. The predicted octanol–water partition coefficient (Wildman–Crippen LogP) is 2.08. The van der Waals surface area contributed by atoms with Gasteiger partial charge >= 0.3 is 0 Å². The van der Waals surface area contributed by atoms with Gasteiger partial charge in [0, 0.05) is 18.2 Å². The smallest absolute Gasteiger partial charge is 0.162 e. The Hall–Kier alpha value is -1.97. The summed E-state index contributed by atoms with van der Waals surface area (Å²) in [6.07, 6.45) is 3.82. The van der Waals surface area contributed by atoms with Crippen LogP contribution in [0.2, 0.25) is 0 Å². The molecule has 1 aromatic heterocycles. The van der Waals surface area contributed by atoms with Crippen molar-refractivity contribution in [1.82, 2.24) is 15.4 Å². The van der Waals surface area contributed by atoms with Gasteiger partial charge in [0.15, 0.2) is 5.78 Å². The van der Waals surface area contributed by atoms with Gasteiger partial charge in [-0.1, -0.05) is 42.5 Å². The molecule has 0 aliphatic rings. The number of aromatic amines is 1. The summed E-state index contributed by atoms with van der Waals surface area (Å²) in [4.78, 5) is 11.0. The lowest BCUT2D eigenvalue weighted by Gasteiger charge is -1.93. The Balaban J connectivity index is 0.000000187. The quantitative estimate of drug-likeness (QED) is 0.760. The highest BCUT2D eigenvalue weighted by Gasteiger charge is 1.98. The van der Waals surface area contributed by atoms with Crippen LogP contribution in [0, 0.1) is 0 Å². The molecule has 78 valence electrons. The van der Waals surface area contributed by atoms with Crippen LogP contribution in [-0.2, 0) is 0 Å². The van der Waals surface area contributed by atoms with Crippen LogP contribution in [0.5, 0.6) is 0 Å². The summed E-state index contributed by atoms with van der Waals surface area (Å²) in [5.74, 6) is 0.209. The summed E-state index contributed by atoms with van der Waals surface area (Å²) in [5.41, 5.74) is 0.810. The molecule has 0 unspecified atom stereocenters. The number of carbonyl (C=O) groups excluding carboxylic acids is 1. The maximum Gasteiger partial charge on any atom is 0.162 e. The molecule has 0 saturated heterocycles. The highest BCUT2D eigenvalue weighted by Crippen LogP contribution is 2.01. The molecular formula is C11H13N3O. The van der Waals surface area contributed by atoms with Crippen molar-refractivity contribution in [3.8, 4) is 0 Å². The highest BCUT2D eigenvalue weighted by atomic mass is 16.1. The van der Waals surface area contributed by atoms with Crippen LogP contribution in [-0.4, -0.2) is 21.2 Å². The summed E-state index contributed by atoms with van der Waals surface area (Å²) in [5, 5.41) is 9.26. The monoisotopic (exact) mass is 203 g/mol. The Labute approximate surface area is 88.3 Å². The fourth-order valence-electron chi connectivity index (χ4n) is 0.995. The summed E-state index contributed by atoms with van der Waals surface area (Å²) in [7, 11) is 0. The molecule has 2 rings (SSSR count). The molecule has 0 fully saturated rings. The van der Waals surface area contributed by atoms with Gasteiger partial charge in [0.1, 0.15) is 0 Å². The first-order valence-corrected chi connectivity index (χ1v) is 4.73. The molecule has 0 amide bonds. The van der Waals surface area contributed by atoms with Crippen molar-refractivity contribution in [2.24, 2.45) is 0 Å². The Morgan fingerprint density at radius 2 is 2.07 bits per heavy atom. The zero-order valence-corrected chi connectivity index (χ0v) is 8.55. The normalized spacial score (nSPS) is 8.87. The largest absolute Gasteiger partial charge is 0.294 e. The molecule has 0 aliphatic carbocycles. The summed E-state index contributed by atoms with van der Waals surface area (Å²) in [6.45, 7) is 1.87. The molecule has 4 heteroatoms. The Morgan fingerprint density at radius 1 is 1.33 bits per heavy atom. The first-order chi connectivity index (χ1) is 7.34. The van der Waals surface area contributed by atoms with Gasteiger partial charge in [-0.05, 0) is 0 Å². The van der Waals surface area contributed by atoms with Crippen molar-refractivity contribution in [2.45, 2.75) is 13.3 Å². The minimum absolute atomic E-state index is 0.209. The molecule has 1 aromatic carbocycles.